The molecule has 1 fully saturated rings. The Morgan fingerprint density at radius 1 is 1.21 bits per heavy atom. The topological polar surface area (TPSA) is 94.2 Å². The van der Waals surface area contributed by atoms with Gasteiger partial charge in [-0.05, 0) is 42.5 Å². The first-order valence-electron chi connectivity index (χ1n) is 9.62. The van der Waals surface area contributed by atoms with Crippen molar-refractivity contribution in [2.45, 2.75) is 18.9 Å². The summed E-state index contributed by atoms with van der Waals surface area (Å²) in [6.45, 7) is 1.29. The van der Waals surface area contributed by atoms with Crippen molar-refractivity contribution in [3.8, 4) is 5.75 Å². The largest absolute Gasteiger partial charge is 0.507 e. The highest BCUT2D eigenvalue weighted by Gasteiger charge is 2.23. The van der Waals surface area contributed by atoms with Gasteiger partial charge in [0.25, 0.3) is 0 Å². The summed E-state index contributed by atoms with van der Waals surface area (Å²) in [4.78, 5) is 21.9. The van der Waals surface area contributed by atoms with Crippen molar-refractivity contribution in [3.05, 3.63) is 53.1 Å². The zero-order chi connectivity index (χ0) is 20.0. The summed E-state index contributed by atoms with van der Waals surface area (Å²) < 4.78 is 8.80. The average Bonchev–Trinajstić information content (AvgIpc) is 2.98. The second-order valence-corrected chi connectivity index (χ2v) is 7.30. The van der Waals surface area contributed by atoms with Gasteiger partial charge in [0, 0.05) is 37.4 Å². The summed E-state index contributed by atoms with van der Waals surface area (Å²) in [6, 6.07) is 11.1. The fourth-order valence-corrected chi connectivity index (χ4v) is 3.94. The molecule has 1 aliphatic rings. The van der Waals surface area contributed by atoms with Crippen LogP contribution in [-0.4, -0.2) is 37.4 Å². The molecule has 1 aliphatic heterocycles. The fourth-order valence-electron chi connectivity index (χ4n) is 3.94. The molecule has 3 heterocycles. The number of hydrogen-bond donors (Lipinski definition) is 2. The van der Waals surface area contributed by atoms with Gasteiger partial charge >= 0.3 is 5.69 Å². The molecule has 0 spiro atoms. The van der Waals surface area contributed by atoms with Crippen molar-refractivity contribution in [1.29, 1.82) is 0 Å². The number of phenolic OH excluding ortho intramolecular Hbond substituents is 1. The smallest absolute Gasteiger partial charge is 0.330 e. The Morgan fingerprint density at radius 3 is 2.86 bits per heavy atom. The molecule has 8 nitrogen and oxygen atoms in total. The summed E-state index contributed by atoms with van der Waals surface area (Å²) in [6.07, 6.45) is 3.26. The second kappa shape index (κ2) is 6.89. The highest BCUT2D eigenvalue weighted by atomic mass is 16.5. The van der Waals surface area contributed by atoms with E-state index in [1.807, 2.05) is 24.3 Å². The Balaban J connectivity index is 1.55. The summed E-state index contributed by atoms with van der Waals surface area (Å²) in [5, 5.41) is 14.9. The van der Waals surface area contributed by atoms with Gasteiger partial charge < -0.3 is 15.2 Å². The molecule has 29 heavy (non-hydrogen) atoms. The molecule has 0 radical (unpaired) electrons. The van der Waals surface area contributed by atoms with Gasteiger partial charge in [0.1, 0.15) is 11.3 Å². The van der Waals surface area contributed by atoms with Gasteiger partial charge in [0.2, 0.25) is 5.95 Å². The molecule has 0 aliphatic carbocycles. The van der Waals surface area contributed by atoms with E-state index in [-0.39, 0.29) is 17.5 Å². The minimum absolute atomic E-state index is 0.0753. The van der Waals surface area contributed by atoms with Gasteiger partial charge in [-0.3, -0.25) is 9.13 Å². The molecule has 0 unspecified atom stereocenters. The number of anilines is 2. The highest BCUT2D eigenvalue weighted by molar-refractivity contribution is 5.91. The molecular weight excluding hydrogens is 370 g/mol. The third-order valence-corrected chi connectivity index (χ3v) is 5.50. The number of aromatic hydroxyl groups is 1. The van der Waals surface area contributed by atoms with Crippen LogP contribution in [0.2, 0.25) is 0 Å². The maximum Gasteiger partial charge on any atom is 0.330 e. The number of benzene rings is 2. The maximum absolute atomic E-state index is 12.8. The number of nitrogens with one attached hydrogen (secondary N) is 1. The molecule has 2 aromatic carbocycles. The van der Waals surface area contributed by atoms with Crippen molar-refractivity contribution in [3.63, 3.8) is 0 Å². The lowest BCUT2D eigenvalue weighted by Gasteiger charge is -2.22. The highest BCUT2D eigenvalue weighted by Crippen LogP contribution is 2.28. The van der Waals surface area contributed by atoms with Crippen molar-refractivity contribution in [1.82, 2.24) is 19.1 Å². The van der Waals surface area contributed by atoms with Crippen molar-refractivity contribution in [2.75, 3.05) is 18.5 Å². The molecule has 148 valence electrons. The van der Waals surface area contributed by atoms with E-state index in [4.69, 9.17) is 4.74 Å². The second-order valence-electron chi connectivity index (χ2n) is 7.30. The van der Waals surface area contributed by atoms with Crippen LogP contribution >= 0.6 is 0 Å². The molecule has 2 N–H and O–H groups in total. The van der Waals surface area contributed by atoms with Crippen LogP contribution in [0.25, 0.3) is 21.9 Å². The normalized spacial score (nSPS) is 15.2. The van der Waals surface area contributed by atoms with Crippen LogP contribution in [0, 0.1) is 0 Å². The van der Waals surface area contributed by atoms with Crippen molar-refractivity contribution < 1.29 is 9.84 Å². The van der Waals surface area contributed by atoms with E-state index in [1.54, 1.807) is 34.5 Å². The lowest BCUT2D eigenvalue weighted by Crippen LogP contribution is -2.30. The number of nitrogens with zero attached hydrogens (tertiary/aromatic N) is 4. The Labute approximate surface area is 166 Å². The van der Waals surface area contributed by atoms with E-state index in [2.05, 4.69) is 15.3 Å². The zero-order valence-corrected chi connectivity index (χ0v) is 16.0. The molecule has 0 atom stereocenters. The summed E-state index contributed by atoms with van der Waals surface area (Å²) in [5.41, 5.74) is 2.05. The van der Waals surface area contributed by atoms with Crippen LogP contribution in [0.15, 0.2) is 47.4 Å². The molecule has 0 saturated carbocycles. The number of hydrogen-bond acceptors (Lipinski definition) is 6. The lowest BCUT2D eigenvalue weighted by molar-refractivity contribution is 0.0695. The number of phenols is 1. The van der Waals surface area contributed by atoms with Gasteiger partial charge in [-0.2, -0.15) is 4.98 Å². The molecule has 0 bridgehead atoms. The monoisotopic (exact) mass is 391 g/mol. The van der Waals surface area contributed by atoms with Gasteiger partial charge in [0.05, 0.1) is 6.20 Å². The quantitative estimate of drug-likeness (QED) is 0.557. The molecule has 4 aromatic rings. The first kappa shape index (κ1) is 17.7. The van der Waals surface area contributed by atoms with Crippen molar-refractivity contribution >= 4 is 33.6 Å². The molecule has 1 saturated heterocycles. The zero-order valence-electron chi connectivity index (χ0n) is 16.0. The number of aromatic nitrogens is 4. The summed E-state index contributed by atoms with van der Waals surface area (Å²) in [7, 11) is 1.74. The van der Waals surface area contributed by atoms with Gasteiger partial charge in [0.15, 0.2) is 5.65 Å². The van der Waals surface area contributed by atoms with Crippen LogP contribution in [0.1, 0.15) is 18.9 Å². The maximum atomic E-state index is 12.8. The van der Waals surface area contributed by atoms with Gasteiger partial charge in [-0.1, -0.05) is 12.1 Å². The standard InChI is InChI=1S/C21H21N5O3/c1-25-17-12-22-20(23-14-5-6-16-13(11-14)3-2-4-18(16)27)24-19(17)26(21(25)28)15-7-9-29-10-8-15/h2-6,11-12,15,27H,7-10H2,1H3,(H,22,23,24). The first-order chi connectivity index (χ1) is 14.1. The predicted molar refractivity (Wildman–Crippen MR) is 111 cm³/mol. The summed E-state index contributed by atoms with van der Waals surface area (Å²) in [5.74, 6) is 0.667. The third kappa shape index (κ3) is 3.01. The molecule has 5 rings (SSSR count). The minimum atomic E-state index is -0.0838. The SMILES string of the molecule is Cn1c(=O)n(C2CCOCC2)c2nc(Nc3ccc4c(O)cccc4c3)ncc21. The Morgan fingerprint density at radius 2 is 2.03 bits per heavy atom. The molecular formula is C21H21N5O3. The van der Waals surface area contributed by atoms with E-state index < -0.39 is 0 Å². The van der Waals surface area contributed by atoms with Crippen molar-refractivity contribution in [2.24, 2.45) is 7.05 Å². The predicted octanol–water partition coefficient (Wildman–Crippen LogP) is 3.08. The molecule has 8 heteroatoms. The Kier molecular flexibility index (Phi) is 4.21. The Hall–Kier alpha value is -3.39. The third-order valence-electron chi connectivity index (χ3n) is 5.50. The minimum Gasteiger partial charge on any atom is -0.507 e. The van der Waals surface area contributed by atoms with E-state index in [9.17, 15) is 9.90 Å². The van der Waals surface area contributed by atoms with Crippen LogP contribution < -0.4 is 11.0 Å². The number of aryl methyl sites for hydroxylation is 1. The average molecular weight is 391 g/mol. The first-order valence-corrected chi connectivity index (χ1v) is 9.62. The number of fused-ring (bicyclic) bond motifs is 2. The number of rotatable bonds is 3. The van der Waals surface area contributed by atoms with Crippen LogP contribution in [-0.2, 0) is 11.8 Å². The van der Waals surface area contributed by atoms with Gasteiger partial charge in [-0.15, -0.1) is 0 Å². The van der Waals surface area contributed by atoms with E-state index >= 15 is 0 Å². The molecule has 2 aromatic heterocycles. The summed E-state index contributed by atoms with van der Waals surface area (Å²) >= 11 is 0. The fraction of sp³-hybridized carbons (Fsp3) is 0.286. The molecule has 0 amide bonds. The van der Waals surface area contributed by atoms with E-state index in [0.717, 1.165) is 29.3 Å². The number of imidazole rings is 1. The lowest BCUT2D eigenvalue weighted by atomic mass is 10.1. The van der Waals surface area contributed by atoms with Gasteiger partial charge in [-0.25, -0.2) is 9.78 Å². The van der Waals surface area contributed by atoms with Crippen LogP contribution in [0.3, 0.4) is 0 Å². The van der Waals surface area contributed by atoms with E-state index in [1.165, 1.54) is 0 Å². The van der Waals surface area contributed by atoms with Crippen LogP contribution in [0.4, 0.5) is 11.6 Å². The number of ether oxygens (including phenoxy) is 1. The van der Waals surface area contributed by atoms with Crippen LogP contribution in [0.5, 0.6) is 5.75 Å². The van der Waals surface area contributed by atoms with E-state index in [0.29, 0.717) is 30.3 Å². The Bertz CT molecular complexity index is 1270.